The van der Waals surface area contributed by atoms with Gasteiger partial charge in [0.15, 0.2) is 11.0 Å². The summed E-state index contributed by atoms with van der Waals surface area (Å²) >= 11 is 6.07. The highest BCUT2D eigenvalue weighted by Crippen LogP contribution is 2.22. The summed E-state index contributed by atoms with van der Waals surface area (Å²) in [4.78, 5) is 17.2. The molecule has 0 saturated carbocycles. The van der Waals surface area contributed by atoms with E-state index in [1.165, 1.54) is 0 Å². The van der Waals surface area contributed by atoms with E-state index < -0.39 is 0 Å². The number of anilines is 2. The first-order valence-electron chi connectivity index (χ1n) is 6.22. The molecule has 0 N–H and O–H groups in total. The predicted molar refractivity (Wildman–Crippen MR) is 75.7 cm³/mol. The Hall–Kier alpha value is -1.88. The molecule has 0 aromatic carbocycles. The molecule has 1 fully saturated rings. The largest absolute Gasteiger partial charge is 0.353 e. The van der Waals surface area contributed by atoms with Crippen LogP contribution in [0.1, 0.15) is 0 Å². The van der Waals surface area contributed by atoms with Crippen molar-refractivity contribution in [3.8, 4) is 0 Å². The molecule has 0 spiro atoms. The van der Waals surface area contributed by atoms with Gasteiger partial charge in [0, 0.05) is 44.8 Å². The van der Waals surface area contributed by atoms with Gasteiger partial charge in [-0.15, -0.1) is 0 Å². The molecule has 0 amide bonds. The maximum atomic E-state index is 6.07. The van der Waals surface area contributed by atoms with Gasteiger partial charge in [0.2, 0.25) is 0 Å². The molecule has 2 aromatic rings. The van der Waals surface area contributed by atoms with Crippen LogP contribution in [-0.4, -0.2) is 41.1 Å². The molecular formula is C13H14ClN5. The second kappa shape index (κ2) is 5.40. The topological polar surface area (TPSA) is 45.2 Å². The standard InChI is InChI=1S/C13H14ClN5/c14-12-13(17-6-5-16-12)19-9-7-18(8-10-19)11-3-1-2-4-15-11/h1-6H,7-10H2. The first-order valence-corrected chi connectivity index (χ1v) is 6.60. The summed E-state index contributed by atoms with van der Waals surface area (Å²) in [7, 11) is 0. The van der Waals surface area contributed by atoms with Crippen LogP contribution in [0.5, 0.6) is 0 Å². The lowest BCUT2D eigenvalue weighted by molar-refractivity contribution is 0.641. The number of hydrogen-bond donors (Lipinski definition) is 0. The molecule has 5 nitrogen and oxygen atoms in total. The molecule has 0 unspecified atom stereocenters. The van der Waals surface area contributed by atoms with E-state index in [4.69, 9.17) is 11.6 Å². The smallest absolute Gasteiger partial charge is 0.171 e. The first kappa shape index (κ1) is 12.2. The molecule has 6 heteroatoms. The highest BCUT2D eigenvalue weighted by molar-refractivity contribution is 6.31. The van der Waals surface area contributed by atoms with Crippen molar-refractivity contribution in [1.29, 1.82) is 0 Å². The number of rotatable bonds is 2. The van der Waals surface area contributed by atoms with Crippen molar-refractivity contribution in [2.45, 2.75) is 0 Å². The number of piperazine rings is 1. The predicted octanol–water partition coefficient (Wildman–Crippen LogP) is 1.85. The van der Waals surface area contributed by atoms with Gasteiger partial charge in [0.1, 0.15) is 5.82 Å². The number of aromatic nitrogens is 3. The highest BCUT2D eigenvalue weighted by Gasteiger charge is 2.20. The maximum Gasteiger partial charge on any atom is 0.171 e. The van der Waals surface area contributed by atoms with Gasteiger partial charge in [-0.25, -0.2) is 15.0 Å². The van der Waals surface area contributed by atoms with Crippen LogP contribution in [0.3, 0.4) is 0 Å². The van der Waals surface area contributed by atoms with E-state index in [2.05, 4.69) is 24.8 Å². The Morgan fingerprint density at radius 3 is 2.26 bits per heavy atom. The lowest BCUT2D eigenvalue weighted by Crippen LogP contribution is -2.47. The fraction of sp³-hybridized carbons (Fsp3) is 0.308. The highest BCUT2D eigenvalue weighted by atomic mass is 35.5. The van der Waals surface area contributed by atoms with E-state index in [-0.39, 0.29) is 0 Å². The Kier molecular flexibility index (Phi) is 3.46. The van der Waals surface area contributed by atoms with Gasteiger partial charge in [-0.2, -0.15) is 0 Å². The third-order valence-corrected chi connectivity index (χ3v) is 3.45. The normalized spacial score (nSPS) is 15.6. The van der Waals surface area contributed by atoms with Gasteiger partial charge < -0.3 is 9.80 Å². The van der Waals surface area contributed by atoms with Crippen molar-refractivity contribution in [2.75, 3.05) is 36.0 Å². The number of hydrogen-bond acceptors (Lipinski definition) is 5. The van der Waals surface area contributed by atoms with Gasteiger partial charge in [0.25, 0.3) is 0 Å². The van der Waals surface area contributed by atoms with Crippen LogP contribution in [0.15, 0.2) is 36.8 Å². The van der Waals surface area contributed by atoms with Crippen LogP contribution in [0, 0.1) is 0 Å². The van der Waals surface area contributed by atoms with Crippen molar-refractivity contribution in [3.63, 3.8) is 0 Å². The lowest BCUT2D eigenvalue weighted by Gasteiger charge is -2.36. The summed E-state index contributed by atoms with van der Waals surface area (Å²) in [5, 5.41) is 0.466. The summed E-state index contributed by atoms with van der Waals surface area (Å²) in [5.41, 5.74) is 0. The number of halogens is 1. The lowest BCUT2D eigenvalue weighted by atomic mass is 10.3. The van der Waals surface area contributed by atoms with Crippen LogP contribution in [0.2, 0.25) is 5.15 Å². The minimum absolute atomic E-state index is 0.466. The second-order valence-electron chi connectivity index (χ2n) is 4.33. The molecule has 2 aromatic heterocycles. The third-order valence-electron chi connectivity index (χ3n) is 3.19. The molecule has 0 atom stereocenters. The van der Waals surface area contributed by atoms with E-state index in [1.54, 1.807) is 12.4 Å². The van der Waals surface area contributed by atoms with Crippen molar-refractivity contribution < 1.29 is 0 Å². The fourth-order valence-corrected chi connectivity index (χ4v) is 2.44. The SMILES string of the molecule is Clc1nccnc1N1CCN(c2ccccn2)CC1. The Morgan fingerprint density at radius 2 is 1.58 bits per heavy atom. The van der Waals surface area contributed by atoms with Crippen molar-refractivity contribution in [3.05, 3.63) is 41.9 Å². The quantitative estimate of drug-likeness (QED) is 0.837. The minimum atomic E-state index is 0.466. The van der Waals surface area contributed by atoms with E-state index in [9.17, 15) is 0 Å². The third kappa shape index (κ3) is 2.61. The van der Waals surface area contributed by atoms with Gasteiger partial charge in [-0.3, -0.25) is 0 Å². The van der Waals surface area contributed by atoms with E-state index >= 15 is 0 Å². The van der Waals surface area contributed by atoms with E-state index in [1.807, 2.05) is 24.4 Å². The molecule has 0 bridgehead atoms. The van der Waals surface area contributed by atoms with Crippen LogP contribution in [-0.2, 0) is 0 Å². The summed E-state index contributed by atoms with van der Waals surface area (Å²) in [6.45, 7) is 3.55. The minimum Gasteiger partial charge on any atom is -0.353 e. The number of nitrogens with zero attached hydrogens (tertiary/aromatic N) is 5. The summed E-state index contributed by atoms with van der Waals surface area (Å²) < 4.78 is 0. The van der Waals surface area contributed by atoms with Crippen LogP contribution >= 0.6 is 11.6 Å². The molecule has 19 heavy (non-hydrogen) atoms. The summed E-state index contributed by atoms with van der Waals surface area (Å²) in [5.74, 6) is 1.79. The second-order valence-corrected chi connectivity index (χ2v) is 4.69. The Balaban J connectivity index is 1.69. The maximum absolute atomic E-state index is 6.07. The number of pyridine rings is 1. The van der Waals surface area contributed by atoms with Gasteiger partial charge in [-0.05, 0) is 12.1 Å². The van der Waals surface area contributed by atoms with E-state index in [0.717, 1.165) is 37.8 Å². The average molecular weight is 276 g/mol. The van der Waals surface area contributed by atoms with Gasteiger partial charge in [0.05, 0.1) is 0 Å². The van der Waals surface area contributed by atoms with Crippen LogP contribution < -0.4 is 9.80 Å². The molecule has 1 aliphatic rings. The Labute approximate surface area is 116 Å². The molecule has 3 rings (SSSR count). The monoisotopic (exact) mass is 275 g/mol. The molecule has 1 saturated heterocycles. The zero-order valence-electron chi connectivity index (χ0n) is 10.4. The van der Waals surface area contributed by atoms with Crippen molar-refractivity contribution in [1.82, 2.24) is 15.0 Å². The zero-order chi connectivity index (χ0) is 13.1. The fourth-order valence-electron chi connectivity index (χ4n) is 2.21. The molecule has 0 radical (unpaired) electrons. The van der Waals surface area contributed by atoms with Crippen LogP contribution in [0.4, 0.5) is 11.6 Å². The summed E-state index contributed by atoms with van der Waals surface area (Å²) in [6.07, 6.45) is 5.10. The summed E-state index contributed by atoms with van der Waals surface area (Å²) in [6, 6.07) is 5.97. The molecular weight excluding hydrogens is 262 g/mol. The molecule has 3 heterocycles. The van der Waals surface area contributed by atoms with Crippen molar-refractivity contribution >= 4 is 23.2 Å². The molecule has 0 aliphatic carbocycles. The Morgan fingerprint density at radius 1 is 0.842 bits per heavy atom. The molecule has 98 valence electrons. The molecule has 1 aliphatic heterocycles. The first-order chi connectivity index (χ1) is 9.34. The van der Waals surface area contributed by atoms with Crippen molar-refractivity contribution in [2.24, 2.45) is 0 Å². The van der Waals surface area contributed by atoms with Gasteiger partial charge in [-0.1, -0.05) is 17.7 Å². The Bertz CT molecular complexity index is 540. The van der Waals surface area contributed by atoms with Crippen LogP contribution in [0.25, 0.3) is 0 Å². The van der Waals surface area contributed by atoms with E-state index in [0.29, 0.717) is 5.15 Å². The average Bonchev–Trinajstić information content (AvgIpc) is 2.49. The zero-order valence-corrected chi connectivity index (χ0v) is 11.2. The van der Waals surface area contributed by atoms with Gasteiger partial charge >= 0.3 is 0 Å².